The fourth-order valence-corrected chi connectivity index (χ4v) is 3.38. The van der Waals surface area contributed by atoms with Gasteiger partial charge in [0.1, 0.15) is 6.04 Å². The molecule has 1 heterocycles. The van der Waals surface area contributed by atoms with Crippen LogP contribution in [0.5, 0.6) is 0 Å². The molecule has 1 aromatic carbocycles. The normalized spacial score (nSPS) is 19.7. The van der Waals surface area contributed by atoms with E-state index in [1.807, 2.05) is 35.2 Å². The van der Waals surface area contributed by atoms with Crippen molar-refractivity contribution in [2.75, 3.05) is 26.2 Å². The summed E-state index contributed by atoms with van der Waals surface area (Å²) in [4.78, 5) is 29.2. The van der Waals surface area contributed by atoms with E-state index < -0.39 is 0 Å². The number of hydrogen-bond acceptors (Lipinski definition) is 3. The Morgan fingerprint density at radius 2 is 1.72 bits per heavy atom. The molecule has 0 spiro atoms. The zero-order valence-electron chi connectivity index (χ0n) is 15.3. The Morgan fingerprint density at radius 3 is 2.28 bits per heavy atom. The zero-order chi connectivity index (χ0) is 17.8. The summed E-state index contributed by atoms with van der Waals surface area (Å²) in [5, 5.41) is 3.15. The smallest absolute Gasteiger partial charge is 0.242 e. The first-order valence-electron chi connectivity index (χ1n) is 9.41. The van der Waals surface area contributed by atoms with Crippen LogP contribution in [0, 0.1) is 5.92 Å². The quantitative estimate of drug-likeness (QED) is 0.861. The standard InChI is InChI=1S/C20H29N3O2/c1-15(2)14-18(24)22-10-12-23(13-11-22)19(16-6-4-3-5-7-16)20(25)21-17-8-9-17/h3-7,15,17,19H,8-14H2,1-2H3,(H,21,25). The minimum Gasteiger partial charge on any atom is -0.352 e. The van der Waals surface area contributed by atoms with Gasteiger partial charge in [-0.1, -0.05) is 44.2 Å². The zero-order valence-corrected chi connectivity index (χ0v) is 15.3. The van der Waals surface area contributed by atoms with Crippen LogP contribution in [0.3, 0.4) is 0 Å². The number of nitrogens with one attached hydrogen (secondary N) is 1. The minimum absolute atomic E-state index is 0.0932. The Labute approximate surface area is 150 Å². The van der Waals surface area contributed by atoms with Crippen molar-refractivity contribution < 1.29 is 9.59 Å². The molecule has 1 N–H and O–H groups in total. The fraction of sp³-hybridized carbons (Fsp3) is 0.600. The topological polar surface area (TPSA) is 52.7 Å². The summed E-state index contributed by atoms with van der Waals surface area (Å²) < 4.78 is 0. The van der Waals surface area contributed by atoms with E-state index in [2.05, 4.69) is 24.1 Å². The molecule has 1 aromatic rings. The highest BCUT2D eigenvalue weighted by molar-refractivity contribution is 5.84. The Hall–Kier alpha value is -1.88. The molecule has 3 rings (SSSR count). The number of carbonyl (C=O) groups excluding carboxylic acids is 2. The van der Waals surface area contributed by atoms with Crippen LogP contribution in [0.25, 0.3) is 0 Å². The number of nitrogens with zero attached hydrogens (tertiary/aromatic N) is 2. The second-order valence-electron chi connectivity index (χ2n) is 7.61. The predicted molar refractivity (Wildman–Crippen MR) is 98.0 cm³/mol. The molecule has 1 aliphatic heterocycles. The van der Waals surface area contributed by atoms with E-state index in [-0.39, 0.29) is 17.9 Å². The maximum atomic E-state index is 12.8. The van der Waals surface area contributed by atoms with E-state index in [0.29, 0.717) is 31.5 Å². The molecule has 2 amide bonds. The number of amides is 2. The molecule has 0 aromatic heterocycles. The van der Waals surface area contributed by atoms with Gasteiger partial charge < -0.3 is 10.2 Å². The first-order valence-corrected chi connectivity index (χ1v) is 9.41. The molecule has 1 atom stereocenters. The summed E-state index contributed by atoms with van der Waals surface area (Å²) in [5.41, 5.74) is 1.03. The lowest BCUT2D eigenvalue weighted by atomic mass is 10.0. The van der Waals surface area contributed by atoms with Crippen molar-refractivity contribution >= 4 is 11.8 Å². The molecule has 25 heavy (non-hydrogen) atoms. The van der Waals surface area contributed by atoms with Gasteiger partial charge >= 0.3 is 0 Å². The lowest BCUT2D eigenvalue weighted by molar-refractivity contribution is -0.135. The number of carbonyl (C=O) groups is 2. The molecule has 5 heteroatoms. The maximum absolute atomic E-state index is 12.8. The molecule has 1 saturated carbocycles. The van der Waals surface area contributed by atoms with Gasteiger partial charge in [0, 0.05) is 38.6 Å². The van der Waals surface area contributed by atoms with Gasteiger partial charge in [0.15, 0.2) is 0 Å². The minimum atomic E-state index is -0.260. The van der Waals surface area contributed by atoms with Crippen molar-refractivity contribution in [1.29, 1.82) is 0 Å². The number of rotatable bonds is 6. The van der Waals surface area contributed by atoms with Crippen molar-refractivity contribution in [3.05, 3.63) is 35.9 Å². The van der Waals surface area contributed by atoms with Gasteiger partial charge in [-0.3, -0.25) is 14.5 Å². The molecule has 1 saturated heterocycles. The summed E-state index contributed by atoms with van der Waals surface area (Å²) in [6, 6.07) is 10.1. The largest absolute Gasteiger partial charge is 0.352 e. The van der Waals surface area contributed by atoms with Crippen LogP contribution in [0.1, 0.15) is 44.7 Å². The summed E-state index contributed by atoms with van der Waals surface area (Å²) in [6.45, 7) is 7.02. The molecule has 2 aliphatic rings. The Morgan fingerprint density at radius 1 is 1.08 bits per heavy atom. The third kappa shape index (κ3) is 4.82. The van der Waals surface area contributed by atoms with E-state index in [9.17, 15) is 9.59 Å². The monoisotopic (exact) mass is 343 g/mol. The van der Waals surface area contributed by atoms with Crippen LogP contribution in [-0.4, -0.2) is 53.8 Å². The molecular weight excluding hydrogens is 314 g/mol. The summed E-state index contributed by atoms with van der Waals surface area (Å²) >= 11 is 0. The second kappa shape index (κ2) is 8.00. The van der Waals surface area contributed by atoms with Gasteiger partial charge in [0.2, 0.25) is 11.8 Å². The van der Waals surface area contributed by atoms with E-state index in [1.165, 1.54) is 0 Å². The lowest BCUT2D eigenvalue weighted by Crippen LogP contribution is -2.52. The predicted octanol–water partition coefficient (Wildman–Crippen LogP) is 2.20. The number of hydrogen-bond donors (Lipinski definition) is 1. The van der Waals surface area contributed by atoms with Crippen LogP contribution >= 0.6 is 0 Å². The highest BCUT2D eigenvalue weighted by Gasteiger charge is 2.34. The molecule has 5 nitrogen and oxygen atoms in total. The van der Waals surface area contributed by atoms with Gasteiger partial charge in [-0.2, -0.15) is 0 Å². The van der Waals surface area contributed by atoms with Crippen molar-refractivity contribution in [3.63, 3.8) is 0 Å². The molecule has 0 radical (unpaired) electrons. The molecule has 2 fully saturated rings. The van der Waals surface area contributed by atoms with Crippen molar-refractivity contribution in [2.45, 2.75) is 45.2 Å². The van der Waals surface area contributed by atoms with E-state index >= 15 is 0 Å². The molecule has 136 valence electrons. The van der Waals surface area contributed by atoms with Crippen LogP contribution in [-0.2, 0) is 9.59 Å². The van der Waals surface area contributed by atoms with E-state index in [4.69, 9.17) is 0 Å². The van der Waals surface area contributed by atoms with Crippen molar-refractivity contribution in [2.24, 2.45) is 5.92 Å². The molecule has 1 unspecified atom stereocenters. The summed E-state index contributed by atoms with van der Waals surface area (Å²) in [5.74, 6) is 0.705. The van der Waals surface area contributed by atoms with E-state index in [0.717, 1.165) is 31.5 Å². The van der Waals surface area contributed by atoms with Crippen LogP contribution in [0.4, 0.5) is 0 Å². The Kier molecular flexibility index (Phi) is 5.74. The lowest BCUT2D eigenvalue weighted by Gasteiger charge is -2.39. The first-order chi connectivity index (χ1) is 12.0. The van der Waals surface area contributed by atoms with Gasteiger partial charge in [-0.05, 0) is 24.3 Å². The molecule has 1 aliphatic carbocycles. The summed E-state index contributed by atoms with van der Waals surface area (Å²) in [6.07, 6.45) is 2.78. The first kappa shape index (κ1) is 17.9. The third-order valence-corrected chi connectivity index (χ3v) is 4.90. The average molecular weight is 343 g/mol. The molecule has 0 bridgehead atoms. The highest BCUT2D eigenvalue weighted by atomic mass is 16.2. The highest BCUT2D eigenvalue weighted by Crippen LogP contribution is 2.26. The van der Waals surface area contributed by atoms with Gasteiger partial charge in [-0.25, -0.2) is 0 Å². The number of benzene rings is 1. The van der Waals surface area contributed by atoms with Crippen LogP contribution in [0.15, 0.2) is 30.3 Å². The maximum Gasteiger partial charge on any atom is 0.242 e. The van der Waals surface area contributed by atoms with Crippen LogP contribution < -0.4 is 5.32 Å². The molecular formula is C20H29N3O2. The van der Waals surface area contributed by atoms with Gasteiger partial charge in [-0.15, -0.1) is 0 Å². The Balaban J connectivity index is 1.66. The average Bonchev–Trinajstić information content (AvgIpc) is 3.40. The third-order valence-electron chi connectivity index (χ3n) is 4.90. The van der Waals surface area contributed by atoms with E-state index in [1.54, 1.807) is 0 Å². The fourth-order valence-electron chi connectivity index (χ4n) is 3.38. The van der Waals surface area contributed by atoms with Gasteiger partial charge in [0.25, 0.3) is 0 Å². The second-order valence-corrected chi connectivity index (χ2v) is 7.61. The van der Waals surface area contributed by atoms with Gasteiger partial charge in [0.05, 0.1) is 0 Å². The summed E-state index contributed by atoms with van der Waals surface area (Å²) in [7, 11) is 0. The number of piperazine rings is 1. The SMILES string of the molecule is CC(C)CC(=O)N1CCN(C(C(=O)NC2CC2)c2ccccc2)CC1. The van der Waals surface area contributed by atoms with Crippen molar-refractivity contribution in [3.8, 4) is 0 Å². The van der Waals surface area contributed by atoms with Crippen molar-refractivity contribution in [1.82, 2.24) is 15.1 Å². The Bertz CT molecular complexity index is 590. The van der Waals surface area contributed by atoms with Crippen LogP contribution in [0.2, 0.25) is 0 Å².